The summed E-state index contributed by atoms with van der Waals surface area (Å²) in [4.78, 5) is 16.3. The van der Waals surface area contributed by atoms with Crippen LogP contribution in [-0.4, -0.2) is 23.5 Å². The van der Waals surface area contributed by atoms with Gasteiger partial charge in [-0.3, -0.25) is 4.79 Å². The first kappa shape index (κ1) is 16.9. The number of carbonyl (C=O) groups excluding carboxylic acids is 1. The highest BCUT2D eigenvalue weighted by Crippen LogP contribution is 2.21. The summed E-state index contributed by atoms with van der Waals surface area (Å²) < 4.78 is 1.19. The van der Waals surface area contributed by atoms with E-state index in [2.05, 4.69) is 16.4 Å². The van der Waals surface area contributed by atoms with Crippen molar-refractivity contribution < 1.29 is 4.79 Å². The SMILES string of the molecule is CC(N)C(C)C(=O)NCCc1nc2ccccc2s1.Cl. The first-order chi connectivity index (χ1) is 9.08. The largest absolute Gasteiger partial charge is 0.355 e. The molecule has 0 saturated heterocycles. The molecule has 0 fully saturated rings. The normalized spacial score (nSPS) is 13.6. The van der Waals surface area contributed by atoms with Crippen LogP contribution in [0.3, 0.4) is 0 Å². The van der Waals surface area contributed by atoms with Crippen LogP contribution in [-0.2, 0) is 11.2 Å². The Labute approximate surface area is 129 Å². The molecule has 2 unspecified atom stereocenters. The van der Waals surface area contributed by atoms with Crippen LogP contribution in [0.1, 0.15) is 18.9 Å². The molecule has 1 aromatic heterocycles. The molecule has 2 aromatic rings. The number of aromatic nitrogens is 1. The third-order valence-electron chi connectivity index (χ3n) is 3.18. The molecule has 0 saturated carbocycles. The van der Waals surface area contributed by atoms with Gasteiger partial charge in [-0.05, 0) is 19.1 Å². The minimum Gasteiger partial charge on any atom is -0.355 e. The summed E-state index contributed by atoms with van der Waals surface area (Å²) in [6.07, 6.45) is 0.761. The van der Waals surface area contributed by atoms with Gasteiger partial charge in [0.2, 0.25) is 5.91 Å². The highest BCUT2D eigenvalue weighted by molar-refractivity contribution is 7.18. The van der Waals surface area contributed by atoms with Crippen LogP contribution >= 0.6 is 23.7 Å². The number of hydrogen-bond donors (Lipinski definition) is 2. The number of nitrogens with two attached hydrogens (primary N) is 1. The van der Waals surface area contributed by atoms with Crippen molar-refractivity contribution in [3.63, 3.8) is 0 Å². The summed E-state index contributed by atoms with van der Waals surface area (Å²) in [5.74, 6) is -0.147. The topological polar surface area (TPSA) is 68.0 Å². The van der Waals surface area contributed by atoms with Gasteiger partial charge in [0.1, 0.15) is 0 Å². The van der Waals surface area contributed by atoms with Crippen molar-refractivity contribution in [1.82, 2.24) is 10.3 Å². The van der Waals surface area contributed by atoms with Crippen molar-refractivity contribution in [2.45, 2.75) is 26.3 Å². The van der Waals surface area contributed by atoms with Crippen LogP contribution in [0, 0.1) is 5.92 Å². The van der Waals surface area contributed by atoms with E-state index < -0.39 is 0 Å². The molecule has 6 heteroatoms. The number of para-hydroxylation sites is 1. The van der Waals surface area contributed by atoms with Crippen LogP contribution in [0.4, 0.5) is 0 Å². The molecule has 2 rings (SSSR count). The lowest BCUT2D eigenvalue weighted by molar-refractivity contribution is -0.124. The van der Waals surface area contributed by atoms with E-state index in [0.717, 1.165) is 16.9 Å². The molecule has 4 nitrogen and oxygen atoms in total. The Morgan fingerprint density at radius 3 is 2.75 bits per heavy atom. The number of halogens is 1. The highest BCUT2D eigenvalue weighted by Gasteiger charge is 2.16. The van der Waals surface area contributed by atoms with Gasteiger partial charge in [-0.15, -0.1) is 23.7 Å². The quantitative estimate of drug-likeness (QED) is 0.890. The molecule has 1 amide bonds. The van der Waals surface area contributed by atoms with Crippen molar-refractivity contribution in [2.24, 2.45) is 11.7 Å². The Balaban J connectivity index is 0.00000200. The Bertz CT molecular complexity index is 537. The maximum Gasteiger partial charge on any atom is 0.224 e. The van der Waals surface area contributed by atoms with Gasteiger partial charge in [-0.1, -0.05) is 19.1 Å². The van der Waals surface area contributed by atoms with Gasteiger partial charge < -0.3 is 11.1 Å². The lowest BCUT2D eigenvalue weighted by Crippen LogP contribution is -2.39. The summed E-state index contributed by atoms with van der Waals surface area (Å²) >= 11 is 1.68. The summed E-state index contributed by atoms with van der Waals surface area (Å²) in [5, 5.41) is 3.96. The predicted octanol–water partition coefficient (Wildman–Crippen LogP) is 2.36. The molecule has 1 heterocycles. The standard InChI is InChI=1S/C14H19N3OS.ClH/c1-9(10(2)15)14(18)16-8-7-13-17-11-5-3-4-6-12(11)19-13;/h3-6,9-10H,7-8,15H2,1-2H3,(H,16,18);1H. The molecular formula is C14H20ClN3OS. The van der Waals surface area contributed by atoms with Crippen molar-refractivity contribution in [1.29, 1.82) is 0 Å². The van der Waals surface area contributed by atoms with E-state index in [0.29, 0.717) is 6.54 Å². The van der Waals surface area contributed by atoms with Gasteiger partial charge in [-0.2, -0.15) is 0 Å². The van der Waals surface area contributed by atoms with Gasteiger partial charge in [0.25, 0.3) is 0 Å². The Kier molecular flexibility index (Phi) is 6.39. The van der Waals surface area contributed by atoms with Gasteiger partial charge in [0.05, 0.1) is 15.2 Å². The second-order valence-corrected chi connectivity index (χ2v) is 5.88. The number of fused-ring (bicyclic) bond motifs is 1. The molecule has 0 bridgehead atoms. The van der Waals surface area contributed by atoms with E-state index >= 15 is 0 Å². The lowest BCUT2D eigenvalue weighted by Gasteiger charge is -2.14. The lowest BCUT2D eigenvalue weighted by atomic mass is 10.0. The van der Waals surface area contributed by atoms with Crippen LogP contribution in [0.5, 0.6) is 0 Å². The number of benzene rings is 1. The maximum atomic E-state index is 11.7. The number of rotatable bonds is 5. The zero-order chi connectivity index (χ0) is 13.8. The van der Waals surface area contributed by atoms with Crippen molar-refractivity contribution in [3.05, 3.63) is 29.3 Å². The zero-order valence-electron chi connectivity index (χ0n) is 11.6. The average molecular weight is 314 g/mol. The van der Waals surface area contributed by atoms with Crippen LogP contribution < -0.4 is 11.1 Å². The fourth-order valence-corrected chi connectivity index (χ4v) is 2.69. The molecule has 0 aliphatic carbocycles. The summed E-state index contributed by atoms with van der Waals surface area (Å²) in [7, 11) is 0. The molecule has 110 valence electrons. The minimum absolute atomic E-state index is 0. The molecule has 0 radical (unpaired) electrons. The summed E-state index contributed by atoms with van der Waals surface area (Å²) in [6, 6.07) is 7.94. The Hall–Kier alpha value is -1.17. The third kappa shape index (κ3) is 4.16. The van der Waals surface area contributed by atoms with E-state index in [1.807, 2.05) is 32.0 Å². The molecule has 20 heavy (non-hydrogen) atoms. The number of hydrogen-bond acceptors (Lipinski definition) is 4. The molecule has 1 aromatic carbocycles. The first-order valence-corrected chi connectivity index (χ1v) is 7.27. The minimum atomic E-state index is -0.157. The summed E-state index contributed by atoms with van der Waals surface area (Å²) in [6.45, 7) is 4.30. The van der Waals surface area contributed by atoms with Crippen LogP contribution in [0.25, 0.3) is 10.2 Å². The van der Waals surface area contributed by atoms with E-state index in [9.17, 15) is 4.79 Å². The van der Waals surface area contributed by atoms with Crippen LogP contribution in [0.15, 0.2) is 24.3 Å². The first-order valence-electron chi connectivity index (χ1n) is 6.45. The molecule has 2 atom stereocenters. The van der Waals surface area contributed by atoms with Gasteiger partial charge >= 0.3 is 0 Å². The van der Waals surface area contributed by atoms with Crippen molar-refractivity contribution in [2.75, 3.05) is 6.54 Å². The molecule has 0 spiro atoms. The number of nitrogens with zero attached hydrogens (tertiary/aromatic N) is 1. The van der Waals surface area contributed by atoms with E-state index in [1.54, 1.807) is 11.3 Å². The third-order valence-corrected chi connectivity index (χ3v) is 4.27. The molecule has 3 N–H and O–H groups in total. The van der Waals surface area contributed by atoms with Gasteiger partial charge in [0, 0.05) is 24.9 Å². The van der Waals surface area contributed by atoms with Gasteiger partial charge in [-0.25, -0.2) is 4.98 Å². The van der Waals surface area contributed by atoms with Crippen molar-refractivity contribution >= 4 is 39.9 Å². The second kappa shape index (κ2) is 7.57. The number of carbonyl (C=O) groups is 1. The van der Waals surface area contributed by atoms with E-state index in [1.165, 1.54) is 4.70 Å². The fraction of sp³-hybridized carbons (Fsp3) is 0.429. The zero-order valence-corrected chi connectivity index (χ0v) is 13.3. The highest BCUT2D eigenvalue weighted by atomic mass is 35.5. The molecule has 0 aliphatic heterocycles. The molecular weight excluding hydrogens is 294 g/mol. The van der Waals surface area contributed by atoms with Crippen molar-refractivity contribution in [3.8, 4) is 0 Å². The number of amides is 1. The van der Waals surface area contributed by atoms with E-state index in [-0.39, 0.29) is 30.3 Å². The monoisotopic (exact) mass is 313 g/mol. The van der Waals surface area contributed by atoms with E-state index in [4.69, 9.17) is 5.73 Å². The Morgan fingerprint density at radius 1 is 1.40 bits per heavy atom. The summed E-state index contributed by atoms with van der Waals surface area (Å²) in [5.41, 5.74) is 6.73. The number of nitrogens with one attached hydrogen (secondary N) is 1. The Morgan fingerprint density at radius 2 is 2.10 bits per heavy atom. The smallest absolute Gasteiger partial charge is 0.224 e. The maximum absolute atomic E-state index is 11.7. The fourth-order valence-electron chi connectivity index (χ4n) is 1.72. The second-order valence-electron chi connectivity index (χ2n) is 4.76. The predicted molar refractivity (Wildman–Crippen MR) is 86.4 cm³/mol. The van der Waals surface area contributed by atoms with Gasteiger partial charge in [0.15, 0.2) is 0 Å². The van der Waals surface area contributed by atoms with Crippen LogP contribution in [0.2, 0.25) is 0 Å². The molecule has 0 aliphatic rings. The average Bonchev–Trinajstić information content (AvgIpc) is 2.80. The number of thiazole rings is 1.